The molecule has 1 N–H and O–H groups in total. The Labute approximate surface area is 176 Å². The number of aryl methyl sites for hydroxylation is 2. The Kier molecular flexibility index (Phi) is 6.04. The van der Waals surface area contributed by atoms with Gasteiger partial charge in [0.05, 0.1) is 0 Å². The van der Waals surface area contributed by atoms with Crippen LogP contribution in [0, 0.1) is 6.92 Å². The fourth-order valence-corrected chi connectivity index (χ4v) is 3.36. The molecule has 0 aliphatic carbocycles. The highest BCUT2D eigenvalue weighted by atomic mass is 16.4. The Morgan fingerprint density at radius 1 is 0.867 bits per heavy atom. The second-order valence-electron chi connectivity index (χ2n) is 7.22. The molecule has 0 saturated carbocycles. The first kappa shape index (κ1) is 19.6. The molecule has 0 aliphatic rings. The summed E-state index contributed by atoms with van der Waals surface area (Å²) >= 11 is 0. The third-order valence-corrected chi connectivity index (χ3v) is 5.06. The highest BCUT2D eigenvalue weighted by Crippen LogP contribution is 2.32. The van der Waals surface area contributed by atoms with E-state index in [1.165, 1.54) is 5.56 Å². The normalized spacial score (nSPS) is 10.7. The smallest absolute Gasteiger partial charge is 0.220 e. The van der Waals surface area contributed by atoms with Crippen LogP contribution in [0.4, 0.5) is 0 Å². The van der Waals surface area contributed by atoms with Gasteiger partial charge in [-0.2, -0.15) is 0 Å². The van der Waals surface area contributed by atoms with Gasteiger partial charge in [-0.1, -0.05) is 84.9 Å². The minimum absolute atomic E-state index is 0.0148. The van der Waals surface area contributed by atoms with Crippen LogP contribution < -0.4 is 5.32 Å². The minimum atomic E-state index is -0.0148. The molecule has 4 aromatic rings. The van der Waals surface area contributed by atoms with Crippen LogP contribution in [-0.4, -0.2) is 10.9 Å². The molecule has 4 heteroatoms. The molecule has 0 saturated heterocycles. The van der Waals surface area contributed by atoms with Crippen molar-refractivity contribution in [3.8, 4) is 22.6 Å². The second-order valence-corrected chi connectivity index (χ2v) is 7.22. The fraction of sp³-hybridized carbons (Fsp3) is 0.154. The first-order valence-electron chi connectivity index (χ1n) is 10.1. The Bertz CT molecular complexity index is 1060. The third kappa shape index (κ3) is 4.66. The van der Waals surface area contributed by atoms with Crippen LogP contribution in [0.2, 0.25) is 0 Å². The topological polar surface area (TPSA) is 55.1 Å². The molecule has 0 unspecified atom stereocenters. The summed E-state index contributed by atoms with van der Waals surface area (Å²) in [5, 5.41) is 2.99. The lowest BCUT2D eigenvalue weighted by molar-refractivity contribution is -0.121. The van der Waals surface area contributed by atoms with Crippen molar-refractivity contribution in [1.82, 2.24) is 10.3 Å². The highest BCUT2D eigenvalue weighted by Gasteiger charge is 2.17. The van der Waals surface area contributed by atoms with Crippen LogP contribution in [0.25, 0.3) is 22.6 Å². The number of nitrogens with one attached hydrogen (secondary N) is 1. The number of nitrogens with zero attached hydrogens (tertiary/aromatic N) is 1. The van der Waals surface area contributed by atoms with Crippen LogP contribution >= 0.6 is 0 Å². The summed E-state index contributed by atoms with van der Waals surface area (Å²) in [5.74, 6) is 1.29. The highest BCUT2D eigenvalue weighted by molar-refractivity contribution is 5.78. The Morgan fingerprint density at radius 2 is 1.50 bits per heavy atom. The molecule has 0 fully saturated rings. The van der Waals surface area contributed by atoms with Crippen molar-refractivity contribution >= 4 is 5.91 Å². The van der Waals surface area contributed by atoms with Crippen molar-refractivity contribution in [1.29, 1.82) is 0 Å². The van der Waals surface area contributed by atoms with E-state index >= 15 is 0 Å². The maximum absolute atomic E-state index is 12.4. The molecule has 0 aliphatic heterocycles. The van der Waals surface area contributed by atoms with Crippen molar-refractivity contribution in [3.63, 3.8) is 0 Å². The standard InChI is InChI=1S/C26H24N2O2/c1-19-10-8-9-15-22(19)18-27-23(29)16-17-24-28-25(20-11-4-2-5-12-20)26(30-24)21-13-6-3-7-14-21/h2-15H,16-18H2,1H3,(H,27,29). The molecule has 1 heterocycles. The lowest BCUT2D eigenvalue weighted by atomic mass is 10.1. The summed E-state index contributed by atoms with van der Waals surface area (Å²) in [5.41, 5.74) is 5.07. The molecule has 1 aromatic heterocycles. The number of amides is 1. The molecule has 4 nitrogen and oxygen atoms in total. The van der Waals surface area contributed by atoms with E-state index in [0.29, 0.717) is 25.3 Å². The summed E-state index contributed by atoms with van der Waals surface area (Å²) in [6.07, 6.45) is 0.779. The van der Waals surface area contributed by atoms with Gasteiger partial charge in [-0.3, -0.25) is 4.79 Å². The summed E-state index contributed by atoms with van der Waals surface area (Å²) in [7, 11) is 0. The van der Waals surface area contributed by atoms with Gasteiger partial charge in [0.15, 0.2) is 11.7 Å². The van der Waals surface area contributed by atoms with Gasteiger partial charge in [-0.25, -0.2) is 4.98 Å². The molecule has 4 rings (SSSR count). The zero-order valence-electron chi connectivity index (χ0n) is 17.0. The van der Waals surface area contributed by atoms with Crippen molar-refractivity contribution in [2.24, 2.45) is 0 Å². The van der Waals surface area contributed by atoms with E-state index in [9.17, 15) is 4.79 Å². The number of hydrogen-bond acceptors (Lipinski definition) is 3. The van der Waals surface area contributed by atoms with Crippen molar-refractivity contribution in [2.75, 3.05) is 0 Å². The van der Waals surface area contributed by atoms with E-state index in [1.807, 2.05) is 91.9 Å². The summed E-state index contributed by atoms with van der Waals surface area (Å²) in [6, 6.07) is 28.0. The maximum atomic E-state index is 12.4. The Hall–Kier alpha value is -3.66. The third-order valence-electron chi connectivity index (χ3n) is 5.06. The molecule has 30 heavy (non-hydrogen) atoms. The van der Waals surface area contributed by atoms with E-state index < -0.39 is 0 Å². The first-order valence-corrected chi connectivity index (χ1v) is 10.1. The number of carbonyl (C=O) groups excluding carboxylic acids is 1. The van der Waals surface area contributed by atoms with Gasteiger partial charge in [0.1, 0.15) is 5.69 Å². The largest absolute Gasteiger partial charge is 0.440 e. The summed E-state index contributed by atoms with van der Waals surface area (Å²) in [6.45, 7) is 2.58. The molecular formula is C26H24N2O2. The van der Waals surface area contributed by atoms with Crippen molar-refractivity contribution in [3.05, 3.63) is 102 Å². The number of hydrogen-bond donors (Lipinski definition) is 1. The van der Waals surface area contributed by atoms with Crippen LogP contribution in [0.5, 0.6) is 0 Å². The predicted molar refractivity (Wildman–Crippen MR) is 119 cm³/mol. The molecule has 3 aromatic carbocycles. The molecule has 150 valence electrons. The molecule has 0 bridgehead atoms. The van der Waals surface area contributed by atoms with Gasteiger partial charge < -0.3 is 9.73 Å². The minimum Gasteiger partial charge on any atom is -0.440 e. The molecule has 0 radical (unpaired) electrons. The number of aromatic nitrogens is 1. The average Bonchev–Trinajstić information content (AvgIpc) is 3.23. The van der Waals surface area contributed by atoms with Gasteiger partial charge in [-0.05, 0) is 18.1 Å². The van der Waals surface area contributed by atoms with Gasteiger partial charge in [0, 0.05) is 30.5 Å². The van der Waals surface area contributed by atoms with Crippen molar-refractivity contribution < 1.29 is 9.21 Å². The fourth-order valence-electron chi connectivity index (χ4n) is 3.36. The van der Waals surface area contributed by atoms with Gasteiger partial charge >= 0.3 is 0 Å². The van der Waals surface area contributed by atoms with E-state index in [0.717, 1.165) is 28.1 Å². The molecule has 1 amide bonds. The van der Waals surface area contributed by atoms with Crippen molar-refractivity contribution in [2.45, 2.75) is 26.3 Å². The zero-order valence-corrected chi connectivity index (χ0v) is 17.0. The first-order chi connectivity index (χ1) is 14.7. The lowest BCUT2D eigenvalue weighted by Gasteiger charge is -2.07. The van der Waals surface area contributed by atoms with Crippen LogP contribution in [0.15, 0.2) is 89.3 Å². The molecular weight excluding hydrogens is 372 g/mol. The molecule has 0 atom stereocenters. The van der Waals surface area contributed by atoms with E-state index in [4.69, 9.17) is 9.40 Å². The Balaban J connectivity index is 1.47. The van der Waals surface area contributed by atoms with Crippen LogP contribution in [0.1, 0.15) is 23.4 Å². The predicted octanol–water partition coefficient (Wildman–Crippen LogP) is 5.57. The average molecular weight is 396 g/mol. The summed E-state index contributed by atoms with van der Waals surface area (Å²) < 4.78 is 6.10. The second kappa shape index (κ2) is 9.23. The summed E-state index contributed by atoms with van der Waals surface area (Å²) in [4.78, 5) is 17.1. The quantitative estimate of drug-likeness (QED) is 0.444. The lowest BCUT2D eigenvalue weighted by Crippen LogP contribution is -2.23. The maximum Gasteiger partial charge on any atom is 0.220 e. The van der Waals surface area contributed by atoms with E-state index in [2.05, 4.69) is 5.32 Å². The zero-order chi connectivity index (χ0) is 20.8. The molecule has 0 spiro atoms. The van der Waals surface area contributed by atoms with E-state index in [1.54, 1.807) is 0 Å². The van der Waals surface area contributed by atoms with E-state index in [-0.39, 0.29) is 5.91 Å². The number of carbonyl (C=O) groups is 1. The Morgan fingerprint density at radius 3 is 2.20 bits per heavy atom. The SMILES string of the molecule is Cc1ccccc1CNC(=O)CCc1nc(-c2ccccc2)c(-c2ccccc2)o1. The monoisotopic (exact) mass is 396 g/mol. The van der Waals surface area contributed by atoms with Crippen LogP contribution in [0.3, 0.4) is 0 Å². The number of benzene rings is 3. The van der Waals surface area contributed by atoms with Gasteiger partial charge in [0.2, 0.25) is 5.91 Å². The number of rotatable bonds is 7. The number of oxazole rings is 1. The van der Waals surface area contributed by atoms with Gasteiger partial charge in [0.25, 0.3) is 0 Å². The van der Waals surface area contributed by atoms with Crippen LogP contribution in [-0.2, 0) is 17.8 Å². The van der Waals surface area contributed by atoms with Gasteiger partial charge in [-0.15, -0.1) is 0 Å².